The predicted molar refractivity (Wildman–Crippen MR) is 117 cm³/mol. The summed E-state index contributed by atoms with van der Waals surface area (Å²) in [6, 6.07) is 8.68. The van der Waals surface area contributed by atoms with Crippen LogP contribution in [0.5, 0.6) is 0 Å². The number of halogens is 2. The fraction of sp³-hybridized carbons (Fsp3) is 0.348. The van der Waals surface area contributed by atoms with E-state index in [2.05, 4.69) is 5.32 Å². The zero-order chi connectivity index (χ0) is 22.7. The number of nitrogens with zero attached hydrogens (tertiary/aromatic N) is 2. The molecule has 1 atom stereocenters. The first-order chi connectivity index (χ1) is 14.7. The molecule has 1 aliphatic rings. The van der Waals surface area contributed by atoms with Crippen molar-refractivity contribution >= 4 is 35.0 Å². The number of likely N-dealkylation sites (N-methyl/N-ethyl adjacent to an activating group) is 1. The van der Waals surface area contributed by atoms with Crippen LogP contribution in [0.4, 0.5) is 10.1 Å². The Morgan fingerprint density at radius 3 is 2.58 bits per heavy atom. The van der Waals surface area contributed by atoms with Crippen molar-refractivity contribution in [2.75, 3.05) is 19.4 Å². The van der Waals surface area contributed by atoms with Crippen molar-refractivity contribution in [2.45, 2.75) is 38.8 Å². The smallest absolute Gasteiger partial charge is 0.259 e. The summed E-state index contributed by atoms with van der Waals surface area (Å²) < 4.78 is 14.4. The van der Waals surface area contributed by atoms with E-state index in [1.807, 2.05) is 13.0 Å². The first-order valence-electron chi connectivity index (χ1n) is 10.1. The Labute approximate surface area is 186 Å². The van der Waals surface area contributed by atoms with Gasteiger partial charge in [0.05, 0.1) is 10.6 Å². The molecule has 2 aromatic carbocycles. The van der Waals surface area contributed by atoms with Gasteiger partial charge in [0, 0.05) is 39.2 Å². The van der Waals surface area contributed by atoms with Gasteiger partial charge in [-0.3, -0.25) is 14.4 Å². The molecule has 0 saturated carbocycles. The highest BCUT2D eigenvalue weighted by Crippen LogP contribution is 2.30. The molecular formula is C23H25ClFN3O3. The molecule has 1 heterocycles. The van der Waals surface area contributed by atoms with Gasteiger partial charge in [0.25, 0.3) is 5.91 Å². The third-order valence-electron chi connectivity index (χ3n) is 5.26. The van der Waals surface area contributed by atoms with Gasteiger partial charge in [-0.05, 0) is 41.8 Å². The third kappa shape index (κ3) is 4.88. The Hall–Kier alpha value is -2.93. The van der Waals surface area contributed by atoms with E-state index in [9.17, 15) is 18.8 Å². The largest absolute Gasteiger partial charge is 0.347 e. The van der Waals surface area contributed by atoms with Gasteiger partial charge >= 0.3 is 0 Å². The van der Waals surface area contributed by atoms with E-state index in [4.69, 9.17) is 11.6 Å². The molecule has 0 aromatic heterocycles. The highest BCUT2D eigenvalue weighted by Gasteiger charge is 2.37. The van der Waals surface area contributed by atoms with Gasteiger partial charge in [-0.25, -0.2) is 4.39 Å². The van der Waals surface area contributed by atoms with E-state index < -0.39 is 17.8 Å². The van der Waals surface area contributed by atoms with Gasteiger partial charge in [-0.2, -0.15) is 0 Å². The van der Waals surface area contributed by atoms with Gasteiger partial charge in [0.15, 0.2) is 0 Å². The van der Waals surface area contributed by atoms with Gasteiger partial charge < -0.3 is 15.1 Å². The number of carbonyl (C=O) groups excluding carboxylic acids is 3. The SMILES string of the molecule is CCCC(=O)Nc1ccc2c(c1)CN(C(=O)c1c(F)cccc1Cl)C(C(=O)N(C)C)C2. The first kappa shape index (κ1) is 22.7. The summed E-state index contributed by atoms with van der Waals surface area (Å²) in [6.45, 7) is 2.02. The zero-order valence-corrected chi connectivity index (χ0v) is 18.5. The van der Waals surface area contributed by atoms with Crippen LogP contribution in [-0.2, 0) is 22.6 Å². The minimum atomic E-state index is -0.786. The summed E-state index contributed by atoms with van der Waals surface area (Å²) in [5, 5.41) is 2.83. The van der Waals surface area contributed by atoms with Crippen LogP contribution in [0.15, 0.2) is 36.4 Å². The molecule has 1 N–H and O–H groups in total. The van der Waals surface area contributed by atoms with E-state index in [0.29, 0.717) is 12.1 Å². The van der Waals surface area contributed by atoms with Crippen LogP contribution >= 0.6 is 11.6 Å². The normalized spacial score (nSPS) is 15.3. The molecule has 3 rings (SSSR count). The molecule has 31 heavy (non-hydrogen) atoms. The molecule has 0 fully saturated rings. The highest BCUT2D eigenvalue weighted by atomic mass is 35.5. The van der Waals surface area contributed by atoms with Crippen molar-refractivity contribution in [3.63, 3.8) is 0 Å². The maximum Gasteiger partial charge on any atom is 0.259 e. The van der Waals surface area contributed by atoms with Gasteiger partial charge in [0.2, 0.25) is 11.8 Å². The van der Waals surface area contributed by atoms with Crippen LogP contribution in [0, 0.1) is 5.82 Å². The molecule has 0 spiro atoms. The number of benzene rings is 2. The number of nitrogens with one attached hydrogen (secondary N) is 1. The van der Waals surface area contributed by atoms with E-state index in [1.165, 1.54) is 28.0 Å². The minimum absolute atomic E-state index is 0.00701. The van der Waals surface area contributed by atoms with Crippen molar-refractivity contribution in [1.29, 1.82) is 0 Å². The lowest BCUT2D eigenvalue weighted by atomic mass is 9.92. The average Bonchev–Trinajstić information content (AvgIpc) is 2.72. The van der Waals surface area contributed by atoms with Crippen LogP contribution in [-0.4, -0.2) is 47.7 Å². The fourth-order valence-electron chi connectivity index (χ4n) is 3.69. The number of hydrogen-bond acceptors (Lipinski definition) is 3. The maximum absolute atomic E-state index is 14.4. The number of hydrogen-bond donors (Lipinski definition) is 1. The molecule has 0 bridgehead atoms. The summed E-state index contributed by atoms with van der Waals surface area (Å²) in [4.78, 5) is 40.9. The molecule has 164 valence electrons. The Bertz CT molecular complexity index is 1000. The van der Waals surface area contributed by atoms with Crippen molar-refractivity contribution in [2.24, 2.45) is 0 Å². The Morgan fingerprint density at radius 1 is 1.19 bits per heavy atom. The van der Waals surface area contributed by atoms with E-state index in [1.54, 1.807) is 26.2 Å². The molecule has 2 aromatic rings. The number of anilines is 1. The lowest BCUT2D eigenvalue weighted by Gasteiger charge is -2.37. The zero-order valence-electron chi connectivity index (χ0n) is 17.7. The fourth-order valence-corrected chi connectivity index (χ4v) is 3.93. The minimum Gasteiger partial charge on any atom is -0.347 e. The monoisotopic (exact) mass is 445 g/mol. The second-order valence-corrected chi connectivity index (χ2v) is 8.17. The highest BCUT2D eigenvalue weighted by molar-refractivity contribution is 6.33. The van der Waals surface area contributed by atoms with Crippen LogP contribution in [0.1, 0.15) is 41.3 Å². The van der Waals surface area contributed by atoms with E-state index >= 15 is 0 Å². The molecule has 0 saturated heterocycles. The molecule has 0 aliphatic carbocycles. The van der Waals surface area contributed by atoms with Crippen molar-refractivity contribution < 1.29 is 18.8 Å². The number of carbonyl (C=O) groups is 3. The van der Waals surface area contributed by atoms with Crippen molar-refractivity contribution in [3.05, 3.63) is 63.9 Å². The van der Waals surface area contributed by atoms with Crippen LogP contribution in [0.2, 0.25) is 5.02 Å². The molecule has 1 aliphatic heterocycles. The maximum atomic E-state index is 14.4. The molecular weight excluding hydrogens is 421 g/mol. The van der Waals surface area contributed by atoms with Crippen LogP contribution in [0.3, 0.4) is 0 Å². The van der Waals surface area contributed by atoms with E-state index in [-0.39, 0.29) is 35.4 Å². The number of amides is 3. The lowest BCUT2D eigenvalue weighted by molar-refractivity contribution is -0.134. The van der Waals surface area contributed by atoms with Crippen molar-refractivity contribution in [1.82, 2.24) is 9.80 Å². The standard InChI is InChI=1S/C23H25ClFN3O3/c1-4-6-20(29)26-16-10-9-14-12-19(22(30)27(2)3)28(13-15(14)11-16)23(31)21-17(24)7-5-8-18(21)25/h5,7-11,19H,4,6,12-13H2,1-3H3,(H,26,29). The van der Waals surface area contributed by atoms with E-state index in [0.717, 1.165) is 17.5 Å². The Balaban J connectivity index is 1.98. The second-order valence-electron chi connectivity index (χ2n) is 7.76. The first-order valence-corrected chi connectivity index (χ1v) is 10.5. The average molecular weight is 446 g/mol. The number of fused-ring (bicyclic) bond motifs is 1. The molecule has 6 nitrogen and oxygen atoms in total. The summed E-state index contributed by atoms with van der Waals surface area (Å²) in [6.07, 6.45) is 1.43. The summed E-state index contributed by atoms with van der Waals surface area (Å²) >= 11 is 6.12. The van der Waals surface area contributed by atoms with Gasteiger partial charge in [-0.15, -0.1) is 0 Å². The third-order valence-corrected chi connectivity index (χ3v) is 5.58. The summed E-state index contributed by atoms with van der Waals surface area (Å²) in [7, 11) is 3.23. The molecule has 1 unspecified atom stereocenters. The van der Waals surface area contributed by atoms with Gasteiger partial charge in [-0.1, -0.05) is 30.7 Å². The molecule has 3 amide bonds. The number of rotatable bonds is 5. The lowest BCUT2D eigenvalue weighted by Crippen LogP contribution is -2.52. The summed E-state index contributed by atoms with van der Waals surface area (Å²) in [5.74, 6) is -1.73. The Morgan fingerprint density at radius 2 is 1.94 bits per heavy atom. The quantitative estimate of drug-likeness (QED) is 0.759. The predicted octanol–water partition coefficient (Wildman–Crippen LogP) is 3.87. The topological polar surface area (TPSA) is 69.7 Å². The molecule has 8 heteroatoms. The van der Waals surface area contributed by atoms with Gasteiger partial charge in [0.1, 0.15) is 11.9 Å². The van der Waals surface area contributed by atoms with Crippen LogP contribution in [0.25, 0.3) is 0 Å². The second kappa shape index (κ2) is 9.47. The Kier molecular flexibility index (Phi) is 6.95. The summed E-state index contributed by atoms with van der Waals surface area (Å²) in [5.41, 5.74) is 2.05. The molecule has 0 radical (unpaired) electrons. The van der Waals surface area contributed by atoms with Crippen LogP contribution < -0.4 is 5.32 Å². The van der Waals surface area contributed by atoms with Crippen molar-refractivity contribution in [3.8, 4) is 0 Å².